The lowest BCUT2D eigenvalue weighted by atomic mass is 10.1. The van der Waals surface area contributed by atoms with E-state index in [2.05, 4.69) is 30.0 Å². The number of carboxylic acid groups (broad SMARTS) is 1. The molecule has 8 rings (SSSR count). The minimum Gasteiger partial charge on any atom is -0.465 e. The predicted molar refractivity (Wildman–Crippen MR) is 221 cm³/mol. The van der Waals surface area contributed by atoms with Crippen LogP contribution >= 0.6 is 0 Å². The first-order valence-corrected chi connectivity index (χ1v) is 21.1. The predicted octanol–water partition coefficient (Wildman–Crippen LogP) is 5.88. The Morgan fingerprint density at radius 3 is 1.83 bits per heavy atom. The quantitative estimate of drug-likeness (QED) is 0.129. The number of alkyl carbamates (subject to hydrolysis) is 1. The molecular weight excluding hydrogens is 791 g/mol. The van der Waals surface area contributed by atoms with Crippen LogP contribution in [0.1, 0.15) is 63.3 Å². The first-order valence-electron chi connectivity index (χ1n) is 19.7. The number of hydrogen-bond donors (Lipinski definition) is 4. The van der Waals surface area contributed by atoms with Gasteiger partial charge in [-0.05, 0) is 63.8 Å². The van der Waals surface area contributed by atoms with Crippen molar-refractivity contribution in [3.63, 3.8) is 0 Å². The number of benzene rings is 3. The number of aromatic amines is 2. The Balaban J connectivity index is 1.16. The fourth-order valence-corrected chi connectivity index (χ4v) is 9.86. The zero-order valence-electron chi connectivity index (χ0n) is 33.5. The van der Waals surface area contributed by atoms with Gasteiger partial charge in [-0.15, -0.1) is 0 Å². The molecule has 0 bridgehead atoms. The van der Waals surface area contributed by atoms with Crippen LogP contribution in [-0.4, -0.2) is 115 Å². The highest BCUT2D eigenvalue weighted by molar-refractivity contribution is 7.90. The van der Waals surface area contributed by atoms with E-state index in [1.54, 1.807) is 66.4 Å². The van der Waals surface area contributed by atoms with Gasteiger partial charge in [0.05, 0.1) is 58.9 Å². The van der Waals surface area contributed by atoms with Crippen molar-refractivity contribution in [3.05, 3.63) is 90.8 Å². The molecule has 0 radical (unpaired) electrons. The molecule has 4 amide bonds. The van der Waals surface area contributed by atoms with Crippen molar-refractivity contribution in [1.82, 2.24) is 43.9 Å². The van der Waals surface area contributed by atoms with Crippen LogP contribution in [0, 0.1) is 0 Å². The minimum atomic E-state index is -4.14. The van der Waals surface area contributed by atoms with Gasteiger partial charge in [0.1, 0.15) is 23.7 Å². The van der Waals surface area contributed by atoms with Crippen LogP contribution in [0.25, 0.3) is 44.3 Å². The van der Waals surface area contributed by atoms with Gasteiger partial charge in [0, 0.05) is 42.0 Å². The Morgan fingerprint density at radius 2 is 1.33 bits per heavy atom. The Labute approximate surface area is 345 Å². The van der Waals surface area contributed by atoms with E-state index in [0.717, 1.165) is 17.7 Å². The van der Waals surface area contributed by atoms with Gasteiger partial charge in [0.15, 0.2) is 0 Å². The average molecular weight is 836 g/mol. The number of likely N-dealkylation sites (N-methyl/N-ethyl adjacent to an activating group) is 1. The van der Waals surface area contributed by atoms with Crippen molar-refractivity contribution in [2.45, 2.75) is 68.6 Å². The van der Waals surface area contributed by atoms with Gasteiger partial charge in [0.2, 0.25) is 11.8 Å². The smallest absolute Gasteiger partial charge is 0.407 e. The number of H-pyrrole nitrogens is 2. The van der Waals surface area contributed by atoms with Crippen molar-refractivity contribution in [2.24, 2.45) is 0 Å². The summed E-state index contributed by atoms with van der Waals surface area (Å²) >= 11 is 0. The van der Waals surface area contributed by atoms with Crippen molar-refractivity contribution in [3.8, 4) is 22.5 Å². The lowest BCUT2D eigenvalue weighted by Gasteiger charge is -2.29. The molecule has 0 unspecified atom stereocenters. The number of carbonyl (C=O) groups excluding carboxylic acids is 3. The number of methoxy groups -OCH3 is 1. The Morgan fingerprint density at radius 1 is 0.817 bits per heavy atom. The van der Waals surface area contributed by atoms with E-state index in [1.807, 2.05) is 36.4 Å². The van der Waals surface area contributed by atoms with Crippen molar-refractivity contribution < 1.29 is 37.4 Å². The summed E-state index contributed by atoms with van der Waals surface area (Å²) in [6.07, 6.45) is 4.26. The van der Waals surface area contributed by atoms with E-state index < -0.39 is 34.3 Å². The van der Waals surface area contributed by atoms with Crippen LogP contribution in [0.15, 0.2) is 84.0 Å². The van der Waals surface area contributed by atoms with Crippen molar-refractivity contribution in [2.75, 3.05) is 27.2 Å². The summed E-state index contributed by atoms with van der Waals surface area (Å²) in [5.41, 5.74) is 3.51. The molecule has 18 heteroatoms. The fourth-order valence-electron chi connectivity index (χ4n) is 8.33. The first-order chi connectivity index (χ1) is 28.8. The van der Waals surface area contributed by atoms with Crippen LogP contribution in [0.5, 0.6) is 0 Å². The molecule has 312 valence electrons. The molecule has 2 fully saturated rings. The third-order valence-corrected chi connectivity index (χ3v) is 13.4. The topological polar surface area (TPSA) is 216 Å². The summed E-state index contributed by atoms with van der Waals surface area (Å²) in [6.45, 7) is 4.14. The SMILES string of the molecule is COC(=O)N[C@@H](C)C(=O)N1CCC[C@H]1c1ncc(-c2ccc3c4ccc(-c5cnc([C@@H]6CCCN6C(=O)[C@H](C)N(C)C(=O)O)[nH]5)cc4n(S(=O)(=O)c4ccccc4)c3c2)[nH]1. The Bertz CT molecular complexity index is 2740. The number of ether oxygens (including phenoxy) is 1. The number of imidazole rings is 2. The van der Waals surface area contributed by atoms with E-state index in [9.17, 15) is 32.7 Å². The van der Waals surface area contributed by atoms with Gasteiger partial charge in [-0.25, -0.2) is 31.9 Å². The number of hydrogen-bond acceptors (Lipinski definition) is 9. The highest BCUT2D eigenvalue weighted by atomic mass is 32.2. The van der Waals surface area contributed by atoms with Crippen molar-refractivity contribution >= 4 is 55.8 Å². The molecule has 4 N–H and O–H groups in total. The van der Waals surface area contributed by atoms with E-state index in [1.165, 1.54) is 18.1 Å². The molecule has 2 aliphatic heterocycles. The maximum atomic E-state index is 14.6. The summed E-state index contributed by atoms with van der Waals surface area (Å²) in [4.78, 5) is 70.6. The van der Waals surface area contributed by atoms with Gasteiger partial charge in [-0.1, -0.05) is 42.5 Å². The molecule has 2 aliphatic rings. The van der Waals surface area contributed by atoms with Crippen LogP contribution < -0.4 is 5.32 Å². The van der Waals surface area contributed by atoms with E-state index in [4.69, 9.17) is 0 Å². The third kappa shape index (κ3) is 7.09. The average Bonchev–Trinajstić information content (AvgIpc) is 4.11. The van der Waals surface area contributed by atoms with Crippen LogP contribution in [0.2, 0.25) is 0 Å². The molecule has 0 spiro atoms. The largest absolute Gasteiger partial charge is 0.465 e. The second-order valence-electron chi connectivity index (χ2n) is 15.2. The zero-order valence-corrected chi connectivity index (χ0v) is 34.3. The van der Waals surface area contributed by atoms with E-state index in [0.29, 0.717) is 81.9 Å². The zero-order chi connectivity index (χ0) is 42.5. The molecule has 3 aromatic heterocycles. The molecular formula is C42H45N9O8S. The molecule has 60 heavy (non-hydrogen) atoms. The number of aromatic nitrogens is 5. The summed E-state index contributed by atoms with van der Waals surface area (Å²) in [7, 11) is -1.54. The summed E-state index contributed by atoms with van der Waals surface area (Å²) in [6, 6.07) is 17.0. The summed E-state index contributed by atoms with van der Waals surface area (Å²) < 4.78 is 35.3. The number of fused-ring (bicyclic) bond motifs is 3. The van der Waals surface area contributed by atoms with Gasteiger partial charge in [0.25, 0.3) is 10.0 Å². The molecule has 0 aliphatic carbocycles. The molecule has 17 nitrogen and oxygen atoms in total. The number of likely N-dealkylation sites (tertiary alicyclic amines) is 2. The molecule has 0 saturated carbocycles. The minimum absolute atomic E-state index is 0.114. The number of amides is 4. The summed E-state index contributed by atoms with van der Waals surface area (Å²) in [5, 5.41) is 13.4. The number of nitrogens with one attached hydrogen (secondary N) is 3. The van der Waals surface area contributed by atoms with Crippen LogP contribution in [-0.2, 0) is 24.3 Å². The highest BCUT2D eigenvalue weighted by Crippen LogP contribution is 2.39. The van der Waals surface area contributed by atoms with Gasteiger partial charge >= 0.3 is 12.2 Å². The maximum absolute atomic E-state index is 14.6. The van der Waals surface area contributed by atoms with Gasteiger partial charge < -0.3 is 34.9 Å². The molecule has 3 aromatic carbocycles. The standard InChI is InChI=1S/C42H45N9O8S/c1-24(45-41(54)59-4)39(52)49-18-8-12-33(49)37-43-22-31(46-37)26-14-16-29-30-17-15-27(21-36(30)51(35(29)20-26)60(57,58)28-10-6-5-7-11-28)32-23-44-38(47-32)34-13-9-19-50(34)40(53)25(2)48(3)42(55)56/h5-7,10-11,14-17,20-25,33-34H,8-9,12-13,18-19H2,1-4H3,(H,43,46)(H,44,47)(H,45,54)(H,55,56)/t24-,25-,33-,34-/m0/s1. The second kappa shape index (κ2) is 15.8. The van der Waals surface area contributed by atoms with E-state index in [-0.39, 0.29) is 28.8 Å². The van der Waals surface area contributed by atoms with Gasteiger partial charge in [-0.2, -0.15) is 0 Å². The van der Waals surface area contributed by atoms with Gasteiger partial charge in [-0.3, -0.25) is 14.5 Å². The summed E-state index contributed by atoms with van der Waals surface area (Å²) in [5.74, 6) is 0.572. The monoisotopic (exact) mass is 835 g/mol. The first kappa shape index (κ1) is 40.1. The second-order valence-corrected chi connectivity index (χ2v) is 17.0. The lowest BCUT2D eigenvalue weighted by Crippen LogP contribution is -2.47. The number of carbonyl (C=O) groups is 4. The normalized spacial score (nSPS) is 17.9. The number of nitrogens with zero attached hydrogens (tertiary/aromatic N) is 6. The molecule has 5 heterocycles. The van der Waals surface area contributed by atoms with E-state index >= 15 is 0 Å². The molecule has 6 aromatic rings. The van der Waals surface area contributed by atoms with Crippen molar-refractivity contribution in [1.29, 1.82) is 0 Å². The molecule has 4 atom stereocenters. The lowest BCUT2D eigenvalue weighted by molar-refractivity contribution is -0.136. The van der Waals surface area contributed by atoms with Crippen LogP contribution in [0.3, 0.4) is 0 Å². The fraction of sp³-hybridized carbons (Fsp3) is 0.333. The highest BCUT2D eigenvalue weighted by Gasteiger charge is 2.37. The Hall–Kier alpha value is -6.69. The maximum Gasteiger partial charge on any atom is 0.407 e. The van der Waals surface area contributed by atoms with Crippen LogP contribution in [0.4, 0.5) is 9.59 Å². The third-order valence-electron chi connectivity index (χ3n) is 11.7. The molecule has 2 saturated heterocycles. The Kier molecular flexibility index (Phi) is 10.6. The number of rotatable bonds is 10.